The van der Waals surface area contributed by atoms with E-state index in [1.54, 1.807) is 19.1 Å². The molecule has 0 aromatic heterocycles. The van der Waals surface area contributed by atoms with Crippen molar-refractivity contribution < 1.29 is 14.6 Å². The number of nitrogens with zero attached hydrogens (tertiary/aromatic N) is 1. The number of anilines is 1. The van der Waals surface area contributed by atoms with Crippen LogP contribution in [0.3, 0.4) is 0 Å². The average molecular weight is 370 g/mol. The lowest BCUT2D eigenvalue weighted by Gasteiger charge is -2.33. The van der Waals surface area contributed by atoms with E-state index in [-0.39, 0.29) is 23.9 Å². The molecule has 2 rings (SSSR count). The van der Waals surface area contributed by atoms with Gasteiger partial charge in [-0.2, -0.15) is 0 Å². The van der Waals surface area contributed by atoms with Crippen LogP contribution in [-0.2, 0) is 4.79 Å². The van der Waals surface area contributed by atoms with Crippen molar-refractivity contribution in [3.05, 3.63) is 60.2 Å². The number of ether oxygens (including phenoxy) is 1. The maximum Gasteiger partial charge on any atom is 0.227 e. The summed E-state index contributed by atoms with van der Waals surface area (Å²) in [6.07, 6.45) is -0.725. The Morgan fingerprint density at radius 1 is 1.04 bits per heavy atom. The third-order valence-electron chi connectivity index (χ3n) is 5.18. The molecule has 0 aliphatic rings. The molecule has 1 amide bonds. The van der Waals surface area contributed by atoms with Crippen molar-refractivity contribution in [2.75, 3.05) is 19.5 Å². The Bertz CT molecular complexity index is 718. The quantitative estimate of drug-likeness (QED) is 0.744. The molecule has 27 heavy (non-hydrogen) atoms. The predicted octanol–water partition coefficient (Wildman–Crippen LogP) is 3.71. The third kappa shape index (κ3) is 5.23. The van der Waals surface area contributed by atoms with Crippen molar-refractivity contribution in [3.8, 4) is 5.75 Å². The van der Waals surface area contributed by atoms with Gasteiger partial charge in [0.15, 0.2) is 0 Å². The largest absolute Gasteiger partial charge is 0.497 e. The molecule has 0 heterocycles. The van der Waals surface area contributed by atoms with Gasteiger partial charge in [-0.25, -0.2) is 0 Å². The Morgan fingerprint density at radius 2 is 1.63 bits per heavy atom. The highest BCUT2D eigenvalue weighted by molar-refractivity contribution is 5.79. The topological polar surface area (TPSA) is 61.8 Å². The highest BCUT2D eigenvalue weighted by Crippen LogP contribution is 2.23. The van der Waals surface area contributed by atoms with Crippen molar-refractivity contribution in [3.63, 3.8) is 0 Å². The van der Waals surface area contributed by atoms with E-state index in [9.17, 15) is 9.90 Å². The van der Waals surface area contributed by atoms with Crippen LogP contribution in [-0.4, -0.2) is 42.2 Å². The first-order valence-electron chi connectivity index (χ1n) is 9.25. The zero-order valence-electron chi connectivity index (χ0n) is 16.7. The molecular formula is C22H30N2O3. The van der Waals surface area contributed by atoms with E-state index in [0.29, 0.717) is 0 Å². The molecule has 0 radical (unpaired) electrons. The number of nitrogens with one attached hydrogen (secondary N) is 1. The molecule has 0 aliphatic carbocycles. The van der Waals surface area contributed by atoms with E-state index < -0.39 is 6.10 Å². The van der Waals surface area contributed by atoms with Gasteiger partial charge < -0.3 is 20.1 Å². The number of benzene rings is 2. The van der Waals surface area contributed by atoms with Crippen LogP contribution in [0.2, 0.25) is 0 Å². The van der Waals surface area contributed by atoms with Crippen LogP contribution in [0.25, 0.3) is 0 Å². The summed E-state index contributed by atoms with van der Waals surface area (Å²) in [5.41, 5.74) is 1.74. The predicted molar refractivity (Wildman–Crippen MR) is 109 cm³/mol. The fourth-order valence-corrected chi connectivity index (χ4v) is 2.95. The first-order valence-corrected chi connectivity index (χ1v) is 9.25. The van der Waals surface area contributed by atoms with E-state index in [4.69, 9.17) is 4.74 Å². The lowest BCUT2D eigenvalue weighted by molar-refractivity contribution is -0.138. The highest BCUT2D eigenvalue weighted by Gasteiger charge is 2.29. The molecule has 4 atom stereocenters. The monoisotopic (exact) mass is 370 g/mol. The van der Waals surface area contributed by atoms with Gasteiger partial charge in [0.05, 0.1) is 25.2 Å². The number of aliphatic hydroxyl groups excluding tert-OH is 1. The summed E-state index contributed by atoms with van der Waals surface area (Å²) >= 11 is 0. The van der Waals surface area contributed by atoms with Crippen molar-refractivity contribution in [2.45, 2.75) is 39.0 Å². The summed E-state index contributed by atoms with van der Waals surface area (Å²) in [5.74, 6) is 0.536. The molecule has 0 fully saturated rings. The number of carbonyl (C=O) groups excluding carboxylic acids is 1. The highest BCUT2D eigenvalue weighted by atomic mass is 16.5. The summed E-state index contributed by atoms with van der Waals surface area (Å²) in [6, 6.07) is 16.7. The number of aliphatic hydroxyl groups is 1. The maximum atomic E-state index is 12.9. The van der Waals surface area contributed by atoms with Crippen molar-refractivity contribution in [1.29, 1.82) is 0 Å². The van der Waals surface area contributed by atoms with E-state index in [1.807, 2.05) is 75.4 Å². The van der Waals surface area contributed by atoms with Gasteiger partial charge in [-0.3, -0.25) is 4.79 Å². The van der Waals surface area contributed by atoms with E-state index in [2.05, 4.69) is 5.32 Å². The average Bonchev–Trinajstić information content (AvgIpc) is 2.72. The normalized spacial score (nSPS) is 15.3. The standard InChI is InChI=1S/C22H30N2O3/c1-15(16(2)23-19-11-13-20(27-5)14-12-19)22(26)24(4)17(3)21(25)18-9-7-6-8-10-18/h6-17,21,23,25H,1-5H3/t15-,16-,17+,21-/m1/s1. The van der Waals surface area contributed by atoms with E-state index >= 15 is 0 Å². The number of hydrogen-bond donors (Lipinski definition) is 2. The fourth-order valence-electron chi connectivity index (χ4n) is 2.95. The third-order valence-corrected chi connectivity index (χ3v) is 5.18. The Balaban J connectivity index is 1.99. The van der Waals surface area contributed by atoms with Crippen molar-refractivity contribution in [1.82, 2.24) is 4.90 Å². The molecule has 0 unspecified atom stereocenters. The number of methoxy groups -OCH3 is 1. The van der Waals surface area contributed by atoms with Gasteiger partial charge in [-0.05, 0) is 43.7 Å². The Hall–Kier alpha value is -2.53. The second-order valence-corrected chi connectivity index (χ2v) is 7.00. The summed E-state index contributed by atoms with van der Waals surface area (Å²) in [7, 11) is 3.38. The number of amides is 1. The van der Waals surface area contributed by atoms with Crippen LogP contribution in [0.4, 0.5) is 5.69 Å². The van der Waals surface area contributed by atoms with Gasteiger partial charge >= 0.3 is 0 Å². The van der Waals surface area contributed by atoms with Gasteiger partial charge in [0.1, 0.15) is 5.75 Å². The lowest BCUT2D eigenvalue weighted by atomic mass is 9.98. The van der Waals surface area contributed by atoms with Crippen LogP contribution >= 0.6 is 0 Å². The molecule has 2 N–H and O–H groups in total. The van der Waals surface area contributed by atoms with Crippen LogP contribution < -0.4 is 10.1 Å². The second-order valence-electron chi connectivity index (χ2n) is 7.00. The summed E-state index contributed by atoms with van der Waals surface area (Å²) in [4.78, 5) is 14.5. The second kappa shape index (κ2) is 9.42. The van der Waals surface area contributed by atoms with Gasteiger partial charge in [-0.1, -0.05) is 37.3 Å². The molecule has 0 saturated heterocycles. The van der Waals surface area contributed by atoms with Gasteiger partial charge in [-0.15, -0.1) is 0 Å². The molecule has 5 nitrogen and oxygen atoms in total. The van der Waals surface area contributed by atoms with Crippen molar-refractivity contribution in [2.24, 2.45) is 5.92 Å². The van der Waals surface area contributed by atoms with Gasteiger partial charge in [0, 0.05) is 18.8 Å². The molecule has 146 valence electrons. The number of carbonyl (C=O) groups is 1. The Kier molecular flexibility index (Phi) is 7.25. The summed E-state index contributed by atoms with van der Waals surface area (Å²) < 4.78 is 5.16. The Morgan fingerprint density at radius 3 is 2.19 bits per heavy atom. The fraction of sp³-hybridized carbons (Fsp3) is 0.409. The molecule has 5 heteroatoms. The zero-order valence-corrected chi connectivity index (χ0v) is 16.7. The van der Waals surface area contributed by atoms with Crippen molar-refractivity contribution >= 4 is 11.6 Å². The smallest absolute Gasteiger partial charge is 0.227 e. The molecule has 0 spiro atoms. The first kappa shape index (κ1) is 20.8. The zero-order chi connectivity index (χ0) is 20.0. The van der Waals surface area contributed by atoms with Crippen LogP contribution in [0.1, 0.15) is 32.4 Å². The molecule has 0 aliphatic heterocycles. The SMILES string of the molecule is COc1ccc(N[C@H](C)[C@@H](C)C(=O)N(C)[C@@H](C)[C@@H](O)c2ccccc2)cc1. The number of rotatable bonds is 8. The van der Waals surface area contributed by atoms with E-state index in [0.717, 1.165) is 17.0 Å². The number of likely N-dealkylation sites (N-methyl/N-ethyl adjacent to an activating group) is 1. The minimum atomic E-state index is -0.725. The molecule has 0 bridgehead atoms. The number of hydrogen-bond acceptors (Lipinski definition) is 4. The maximum absolute atomic E-state index is 12.9. The molecule has 2 aromatic carbocycles. The lowest BCUT2D eigenvalue weighted by Crippen LogP contribution is -2.45. The molecular weight excluding hydrogens is 340 g/mol. The van der Waals surface area contributed by atoms with Gasteiger partial charge in [0.2, 0.25) is 5.91 Å². The molecule has 2 aromatic rings. The van der Waals surface area contributed by atoms with E-state index in [1.165, 1.54) is 0 Å². The summed E-state index contributed by atoms with van der Waals surface area (Å²) in [5, 5.41) is 14.0. The minimum Gasteiger partial charge on any atom is -0.497 e. The van der Waals surface area contributed by atoms with Gasteiger partial charge in [0.25, 0.3) is 0 Å². The first-order chi connectivity index (χ1) is 12.8. The Labute approximate surface area is 162 Å². The summed E-state index contributed by atoms with van der Waals surface area (Å²) in [6.45, 7) is 5.75. The van der Waals surface area contributed by atoms with Crippen LogP contribution in [0.5, 0.6) is 5.75 Å². The molecule has 0 saturated carbocycles. The van der Waals surface area contributed by atoms with Crippen LogP contribution in [0, 0.1) is 5.92 Å². The van der Waals surface area contributed by atoms with Crippen LogP contribution in [0.15, 0.2) is 54.6 Å². The minimum absolute atomic E-state index is 0.00834.